The van der Waals surface area contributed by atoms with Crippen LogP contribution in [-0.4, -0.2) is 27.0 Å². The van der Waals surface area contributed by atoms with Gasteiger partial charge >= 0.3 is 5.97 Å². The van der Waals surface area contributed by atoms with Gasteiger partial charge in [0.05, 0.1) is 11.6 Å². The zero-order valence-corrected chi connectivity index (χ0v) is 20.9. The smallest absolute Gasteiger partial charge is 0.306 e. The molecule has 2 aromatic carbocycles. The Morgan fingerprint density at radius 2 is 1.77 bits per heavy atom. The highest BCUT2D eigenvalue weighted by Crippen LogP contribution is 2.38. The highest BCUT2D eigenvalue weighted by Gasteiger charge is 2.27. The summed E-state index contributed by atoms with van der Waals surface area (Å²) >= 11 is 6.24. The van der Waals surface area contributed by atoms with Crippen molar-refractivity contribution in [2.75, 3.05) is 0 Å². The highest BCUT2D eigenvalue weighted by molar-refractivity contribution is 6.30. The number of rotatable bonds is 7. The van der Waals surface area contributed by atoms with E-state index in [0.29, 0.717) is 23.1 Å². The summed E-state index contributed by atoms with van der Waals surface area (Å²) < 4.78 is 0. The Hall–Kier alpha value is -3.18. The van der Waals surface area contributed by atoms with E-state index in [2.05, 4.69) is 47.4 Å². The van der Waals surface area contributed by atoms with Crippen molar-refractivity contribution >= 4 is 23.3 Å². The first-order valence-corrected chi connectivity index (χ1v) is 12.5. The summed E-state index contributed by atoms with van der Waals surface area (Å²) in [4.78, 5) is 15.6. The van der Waals surface area contributed by atoms with Crippen molar-refractivity contribution in [2.45, 2.75) is 57.8 Å². The molecule has 0 radical (unpaired) electrons. The third kappa shape index (κ3) is 5.91. The van der Waals surface area contributed by atoms with Gasteiger partial charge in [-0.25, -0.2) is 0 Å². The molecular weight excluding hydrogens is 460 g/mol. The number of carbonyl (C=O) groups is 1. The van der Waals surface area contributed by atoms with Gasteiger partial charge in [-0.05, 0) is 92.0 Å². The van der Waals surface area contributed by atoms with E-state index in [-0.39, 0.29) is 11.8 Å². The summed E-state index contributed by atoms with van der Waals surface area (Å²) in [6.45, 7) is 3.97. The van der Waals surface area contributed by atoms with Crippen molar-refractivity contribution in [3.63, 3.8) is 0 Å². The molecule has 3 aromatic rings. The zero-order valence-electron chi connectivity index (χ0n) is 20.1. The number of pyridine rings is 1. The highest BCUT2D eigenvalue weighted by atomic mass is 35.5. The number of hydrogen-bond acceptors (Lipinski definition) is 4. The third-order valence-corrected chi connectivity index (χ3v) is 7.48. The van der Waals surface area contributed by atoms with Crippen LogP contribution in [0.5, 0.6) is 0 Å². The molecule has 182 valence electrons. The van der Waals surface area contributed by atoms with Gasteiger partial charge in [-0.2, -0.15) is 0 Å². The van der Waals surface area contributed by atoms with Crippen LogP contribution in [-0.2, 0) is 4.79 Å². The third-order valence-electron chi connectivity index (χ3n) is 7.24. The molecule has 0 amide bonds. The normalized spacial score (nSPS) is 19.3. The number of aromatic nitrogens is 1. The minimum absolute atomic E-state index is 0.0246. The van der Waals surface area contributed by atoms with Crippen LogP contribution >= 0.6 is 11.6 Å². The lowest BCUT2D eigenvalue weighted by Crippen LogP contribution is -2.20. The Labute approximate surface area is 211 Å². The fourth-order valence-corrected chi connectivity index (χ4v) is 5.47. The molecule has 1 aliphatic rings. The van der Waals surface area contributed by atoms with Crippen LogP contribution < -0.4 is 0 Å². The maximum absolute atomic E-state index is 11.3. The monoisotopic (exact) mass is 490 g/mol. The number of oxime groups is 1. The van der Waals surface area contributed by atoms with Crippen molar-refractivity contribution in [3.05, 3.63) is 99.3 Å². The average molecular weight is 491 g/mol. The summed E-state index contributed by atoms with van der Waals surface area (Å²) in [5.41, 5.74) is 6.92. The van der Waals surface area contributed by atoms with E-state index in [0.717, 1.165) is 53.6 Å². The number of hydrogen-bond donors (Lipinski definition) is 2. The second-order valence-corrected chi connectivity index (χ2v) is 9.98. The fourth-order valence-electron chi connectivity index (χ4n) is 5.25. The molecule has 1 aliphatic carbocycles. The van der Waals surface area contributed by atoms with Gasteiger partial charge in [0.25, 0.3) is 0 Å². The van der Waals surface area contributed by atoms with E-state index >= 15 is 0 Å². The Morgan fingerprint density at radius 1 is 1.06 bits per heavy atom. The lowest BCUT2D eigenvalue weighted by molar-refractivity contribution is -0.142. The number of nitrogens with zero attached hydrogens (tertiary/aromatic N) is 2. The zero-order chi connectivity index (χ0) is 24.9. The molecule has 2 N–H and O–H groups in total. The van der Waals surface area contributed by atoms with E-state index in [1.807, 2.05) is 31.2 Å². The summed E-state index contributed by atoms with van der Waals surface area (Å²) in [6, 6.07) is 18.4. The van der Waals surface area contributed by atoms with Gasteiger partial charge in [0.15, 0.2) is 0 Å². The van der Waals surface area contributed by atoms with Gasteiger partial charge in [0, 0.05) is 34.8 Å². The van der Waals surface area contributed by atoms with Gasteiger partial charge in [-0.3, -0.25) is 9.78 Å². The lowest BCUT2D eigenvalue weighted by atomic mass is 9.78. The predicted molar refractivity (Wildman–Crippen MR) is 139 cm³/mol. The summed E-state index contributed by atoms with van der Waals surface area (Å²) in [5, 5.41) is 23.6. The van der Waals surface area contributed by atoms with Gasteiger partial charge in [0.1, 0.15) is 0 Å². The second-order valence-electron chi connectivity index (χ2n) is 9.54. The maximum atomic E-state index is 11.3. The molecule has 35 heavy (non-hydrogen) atoms. The molecule has 1 aromatic heterocycles. The van der Waals surface area contributed by atoms with E-state index in [9.17, 15) is 15.1 Å². The molecule has 4 rings (SSSR count). The van der Waals surface area contributed by atoms with Crippen molar-refractivity contribution < 1.29 is 15.1 Å². The number of carboxylic acids is 1. The number of halogens is 1. The Balaban J connectivity index is 1.63. The molecular formula is C29H31ClN2O3. The fraction of sp³-hybridized carbons (Fsp3) is 0.345. The molecule has 0 bridgehead atoms. The average Bonchev–Trinajstić information content (AvgIpc) is 2.86. The molecule has 0 saturated heterocycles. The van der Waals surface area contributed by atoms with Crippen LogP contribution in [0, 0.1) is 19.8 Å². The first-order chi connectivity index (χ1) is 16.9. The molecule has 1 heterocycles. The lowest BCUT2D eigenvalue weighted by Gasteiger charge is -2.27. The molecule has 5 nitrogen and oxygen atoms in total. The van der Waals surface area contributed by atoms with Crippen LogP contribution in [0.15, 0.2) is 65.9 Å². The van der Waals surface area contributed by atoms with E-state index in [1.165, 1.54) is 5.56 Å². The Morgan fingerprint density at radius 3 is 2.37 bits per heavy atom. The van der Waals surface area contributed by atoms with Crippen molar-refractivity contribution in [3.8, 4) is 0 Å². The minimum Gasteiger partial charge on any atom is -0.481 e. The van der Waals surface area contributed by atoms with Gasteiger partial charge in [0.2, 0.25) is 0 Å². The van der Waals surface area contributed by atoms with E-state index in [1.54, 1.807) is 6.20 Å². The van der Waals surface area contributed by atoms with Gasteiger partial charge in [-0.15, -0.1) is 0 Å². The maximum Gasteiger partial charge on any atom is 0.306 e. The molecule has 0 unspecified atom stereocenters. The topological polar surface area (TPSA) is 82.8 Å². The molecule has 0 aliphatic heterocycles. The number of aliphatic carboxylic acids is 1. The standard InChI is InChI=1S/C29H31ClN2O3/c1-18-15-25(30)11-12-26(18)27(17-28(32-35)24-13-14-31-19(2)16-24)22-7-3-20(4-8-22)21-5-9-23(10-6-21)29(33)34/h3-4,7-8,11-16,21,23,27,35H,5-6,9-10,17H2,1-2H3,(H,33,34)/b32-28+/t21-,23-,27-/m1/s1. The van der Waals surface area contributed by atoms with Crippen LogP contribution in [0.25, 0.3) is 0 Å². The van der Waals surface area contributed by atoms with Crippen LogP contribution in [0.4, 0.5) is 0 Å². The van der Waals surface area contributed by atoms with Crippen molar-refractivity contribution in [2.24, 2.45) is 11.1 Å². The van der Waals surface area contributed by atoms with E-state index in [4.69, 9.17) is 11.6 Å². The number of benzene rings is 2. The van der Waals surface area contributed by atoms with Crippen LogP contribution in [0.1, 0.15) is 77.5 Å². The van der Waals surface area contributed by atoms with Crippen molar-refractivity contribution in [1.29, 1.82) is 0 Å². The summed E-state index contributed by atoms with van der Waals surface area (Å²) in [7, 11) is 0. The minimum atomic E-state index is -0.675. The van der Waals surface area contributed by atoms with Crippen LogP contribution in [0.2, 0.25) is 5.02 Å². The molecule has 1 atom stereocenters. The largest absolute Gasteiger partial charge is 0.481 e. The second kappa shape index (κ2) is 11.0. The first-order valence-electron chi connectivity index (χ1n) is 12.1. The summed E-state index contributed by atoms with van der Waals surface area (Å²) in [6.07, 6.45) is 5.52. The molecule has 0 spiro atoms. The number of aryl methyl sites for hydroxylation is 2. The number of carboxylic acid groups (broad SMARTS) is 1. The van der Waals surface area contributed by atoms with E-state index < -0.39 is 5.97 Å². The quantitative estimate of drug-likeness (QED) is 0.210. The van der Waals surface area contributed by atoms with Crippen LogP contribution in [0.3, 0.4) is 0 Å². The molecule has 1 fully saturated rings. The molecule has 1 saturated carbocycles. The summed E-state index contributed by atoms with van der Waals surface area (Å²) in [5.74, 6) is -0.519. The Kier molecular flexibility index (Phi) is 7.86. The van der Waals surface area contributed by atoms with Gasteiger partial charge < -0.3 is 10.3 Å². The Bertz CT molecular complexity index is 1210. The SMILES string of the molecule is Cc1cc(/C(C[C@H](c2ccc([C@H]3CC[C@H](C(=O)O)CC3)cc2)c2ccc(Cl)cc2C)=N/O)ccn1. The van der Waals surface area contributed by atoms with Gasteiger partial charge in [-0.1, -0.05) is 47.1 Å². The first kappa shape index (κ1) is 24.9. The predicted octanol–water partition coefficient (Wildman–Crippen LogP) is 7.11. The van der Waals surface area contributed by atoms with Crippen molar-refractivity contribution in [1.82, 2.24) is 4.98 Å². The molecule has 6 heteroatoms.